The number of carbonyl (C=O) groups is 1. The Bertz CT molecular complexity index is 459. The molecule has 0 aromatic carbocycles. The van der Waals surface area contributed by atoms with E-state index in [9.17, 15) is 4.79 Å². The fourth-order valence-corrected chi connectivity index (χ4v) is 3.25. The average Bonchev–Trinajstić information content (AvgIpc) is 2.98. The molecule has 2 N–H and O–H groups in total. The van der Waals surface area contributed by atoms with Crippen LogP contribution in [0.15, 0.2) is 6.07 Å². The third kappa shape index (κ3) is 2.84. The van der Waals surface area contributed by atoms with Gasteiger partial charge in [0, 0.05) is 17.4 Å². The number of aryl methyl sites for hydroxylation is 1. The van der Waals surface area contributed by atoms with Crippen molar-refractivity contribution < 1.29 is 9.53 Å². The molecule has 0 bridgehead atoms. The van der Waals surface area contributed by atoms with Gasteiger partial charge in [0.25, 0.3) is 0 Å². The quantitative estimate of drug-likeness (QED) is 0.849. The lowest BCUT2D eigenvalue weighted by Gasteiger charge is -2.17. The summed E-state index contributed by atoms with van der Waals surface area (Å²) >= 11 is 0. The fraction of sp³-hybridized carbons (Fsp3) is 0.667. The molecule has 4 heteroatoms. The maximum Gasteiger partial charge on any atom is 0.322 e. The highest BCUT2D eigenvalue weighted by Gasteiger charge is 2.23. The van der Waals surface area contributed by atoms with Gasteiger partial charge in [0.05, 0.1) is 7.11 Å². The Balaban J connectivity index is 2.18. The van der Waals surface area contributed by atoms with Crippen LogP contribution in [0.25, 0.3) is 0 Å². The molecule has 0 aliphatic heterocycles. The Kier molecular flexibility index (Phi) is 4.30. The molecule has 0 amide bonds. The lowest BCUT2D eigenvalue weighted by atomic mass is 10.1. The molecule has 0 saturated heterocycles. The summed E-state index contributed by atoms with van der Waals surface area (Å²) in [5.74, 6) is -0.342. The minimum Gasteiger partial charge on any atom is -0.468 e. The van der Waals surface area contributed by atoms with E-state index in [1.807, 2.05) is 0 Å². The van der Waals surface area contributed by atoms with Crippen molar-refractivity contribution in [2.24, 2.45) is 5.73 Å². The van der Waals surface area contributed by atoms with Crippen LogP contribution in [0.5, 0.6) is 0 Å². The zero-order valence-corrected chi connectivity index (χ0v) is 12.1. The first-order chi connectivity index (χ1) is 9.04. The first-order valence-electron chi connectivity index (χ1n) is 7.05. The van der Waals surface area contributed by atoms with Gasteiger partial charge in [-0.05, 0) is 44.7 Å². The monoisotopic (exact) mass is 264 g/mol. The van der Waals surface area contributed by atoms with Gasteiger partial charge >= 0.3 is 5.97 Å². The van der Waals surface area contributed by atoms with Crippen molar-refractivity contribution in [3.63, 3.8) is 0 Å². The minimum atomic E-state index is -0.567. The van der Waals surface area contributed by atoms with E-state index in [1.54, 1.807) is 0 Å². The van der Waals surface area contributed by atoms with Crippen LogP contribution in [0.1, 0.15) is 48.7 Å². The van der Waals surface area contributed by atoms with Crippen LogP contribution in [0.4, 0.5) is 0 Å². The summed E-state index contributed by atoms with van der Waals surface area (Å²) in [6.45, 7) is 4.27. The molecule has 1 aliphatic carbocycles. The van der Waals surface area contributed by atoms with E-state index in [4.69, 9.17) is 10.5 Å². The summed E-state index contributed by atoms with van der Waals surface area (Å²) in [6, 6.07) is 2.22. The Hall–Kier alpha value is -1.29. The SMILES string of the molecule is COC(=O)C(N)Cc1cc(C)n(C2CCCC2)c1C. The lowest BCUT2D eigenvalue weighted by molar-refractivity contribution is -0.142. The average molecular weight is 264 g/mol. The second-order valence-electron chi connectivity index (χ2n) is 5.54. The third-order valence-electron chi connectivity index (χ3n) is 4.22. The number of hydrogen-bond acceptors (Lipinski definition) is 3. The molecule has 1 unspecified atom stereocenters. The van der Waals surface area contributed by atoms with Gasteiger partial charge in [0.1, 0.15) is 6.04 Å². The highest BCUT2D eigenvalue weighted by Crippen LogP contribution is 2.33. The molecule has 0 spiro atoms. The molecule has 2 rings (SSSR count). The Labute approximate surface area is 114 Å². The standard InChI is InChI=1S/C15H24N2O2/c1-10-8-12(9-14(16)15(18)19-3)11(2)17(10)13-6-4-5-7-13/h8,13-14H,4-7,9,16H2,1-3H3. The van der Waals surface area contributed by atoms with E-state index < -0.39 is 6.04 Å². The summed E-state index contributed by atoms with van der Waals surface area (Å²) in [4.78, 5) is 11.4. The number of hydrogen-bond donors (Lipinski definition) is 1. The summed E-state index contributed by atoms with van der Waals surface area (Å²) < 4.78 is 7.11. The molecular weight excluding hydrogens is 240 g/mol. The van der Waals surface area contributed by atoms with Crippen molar-refractivity contribution in [1.29, 1.82) is 0 Å². The predicted molar refractivity (Wildman–Crippen MR) is 75.1 cm³/mol. The van der Waals surface area contributed by atoms with E-state index in [-0.39, 0.29) is 5.97 Å². The normalized spacial score (nSPS) is 17.7. The van der Waals surface area contributed by atoms with E-state index >= 15 is 0 Å². The fourth-order valence-electron chi connectivity index (χ4n) is 3.25. The maximum atomic E-state index is 11.4. The van der Waals surface area contributed by atoms with Crippen LogP contribution >= 0.6 is 0 Å². The molecule has 1 aliphatic rings. The molecule has 4 nitrogen and oxygen atoms in total. The van der Waals surface area contributed by atoms with Gasteiger partial charge in [-0.2, -0.15) is 0 Å². The minimum absolute atomic E-state index is 0.342. The van der Waals surface area contributed by atoms with Crippen molar-refractivity contribution in [2.45, 2.75) is 58.0 Å². The van der Waals surface area contributed by atoms with E-state index in [2.05, 4.69) is 24.5 Å². The van der Waals surface area contributed by atoms with Crippen LogP contribution in [0, 0.1) is 13.8 Å². The molecule has 1 aromatic rings. The molecule has 106 valence electrons. The highest BCUT2D eigenvalue weighted by molar-refractivity contribution is 5.75. The number of rotatable bonds is 4. The van der Waals surface area contributed by atoms with Gasteiger partial charge in [0.2, 0.25) is 0 Å². The summed E-state index contributed by atoms with van der Waals surface area (Å²) in [6.07, 6.45) is 5.72. The van der Waals surface area contributed by atoms with E-state index in [0.29, 0.717) is 12.5 Å². The Morgan fingerprint density at radius 1 is 1.47 bits per heavy atom. The summed E-state index contributed by atoms with van der Waals surface area (Å²) in [7, 11) is 1.38. The Morgan fingerprint density at radius 3 is 2.68 bits per heavy atom. The number of nitrogens with zero attached hydrogens (tertiary/aromatic N) is 1. The van der Waals surface area contributed by atoms with Crippen molar-refractivity contribution in [2.75, 3.05) is 7.11 Å². The number of ether oxygens (including phenoxy) is 1. The molecule has 1 atom stereocenters. The summed E-state index contributed by atoms with van der Waals surface area (Å²) in [5, 5.41) is 0. The van der Waals surface area contributed by atoms with Crippen LogP contribution in [0.3, 0.4) is 0 Å². The molecule has 1 heterocycles. The van der Waals surface area contributed by atoms with Crippen LogP contribution in [0.2, 0.25) is 0 Å². The smallest absolute Gasteiger partial charge is 0.322 e. The zero-order chi connectivity index (χ0) is 14.0. The van der Waals surface area contributed by atoms with Gasteiger partial charge in [-0.25, -0.2) is 0 Å². The van der Waals surface area contributed by atoms with Crippen molar-refractivity contribution in [3.8, 4) is 0 Å². The van der Waals surface area contributed by atoms with Crippen LogP contribution < -0.4 is 5.73 Å². The zero-order valence-electron chi connectivity index (χ0n) is 12.1. The van der Waals surface area contributed by atoms with Gasteiger partial charge in [0.15, 0.2) is 0 Å². The number of aromatic nitrogens is 1. The largest absolute Gasteiger partial charge is 0.468 e. The number of carbonyl (C=O) groups excluding carboxylic acids is 1. The van der Waals surface area contributed by atoms with Gasteiger partial charge in [-0.15, -0.1) is 0 Å². The van der Waals surface area contributed by atoms with E-state index in [1.165, 1.54) is 49.7 Å². The first-order valence-corrected chi connectivity index (χ1v) is 7.05. The highest BCUT2D eigenvalue weighted by atomic mass is 16.5. The molecule has 1 saturated carbocycles. The van der Waals surface area contributed by atoms with E-state index in [0.717, 1.165) is 0 Å². The number of nitrogens with two attached hydrogens (primary N) is 1. The summed E-state index contributed by atoms with van der Waals surface area (Å²) in [5.41, 5.74) is 9.55. The van der Waals surface area contributed by atoms with Gasteiger partial charge in [-0.1, -0.05) is 12.8 Å². The molecule has 1 fully saturated rings. The van der Waals surface area contributed by atoms with Gasteiger partial charge in [-0.3, -0.25) is 4.79 Å². The first kappa shape index (κ1) is 14.1. The Morgan fingerprint density at radius 2 is 2.11 bits per heavy atom. The molecule has 0 radical (unpaired) electrons. The predicted octanol–water partition coefficient (Wildman–Crippen LogP) is 2.26. The molecule has 1 aromatic heterocycles. The van der Waals surface area contributed by atoms with Gasteiger partial charge < -0.3 is 15.0 Å². The lowest BCUT2D eigenvalue weighted by Crippen LogP contribution is -2.33. The van der Waals surface area contributed by atoms with Crippen LogP contribution in [-0.2, 0) is 16.0 Å². The topological polar surface area (TPSA) is 57.2 Å². The van der Waals surface area contributed by atoms with Crippen molar-refractivity contribution in [3.05, 3.63) is 23.0 Å². The third-order valence-corrected chi connectivity index (χ3v) is 4.22. The van der Waals surface area contributed by atoms with Crippen LogP contribution in [-0.4, -0.2) is 23.7 Å². The second kappa shape index (κ2) is 5.78. The number of esters is 1. The second-order valence-corrected chi connectivity index (χ2v) is 5.54. The maximum absolute atomic E-state index is 11.4. The molecular formula is C15H24N2O2. The molecule has 19 heavy (non-hydrogen) atoms. The van der Waals surface area contributed by atoms with Crippen molar-refractivity contribution >= 4 is 5.97 Å². The number of methoxy groups -OCH3 is 1. The van der Waals surface area contributed by atoms with Crippen molar-refractivity contribution in [1.82, 2.24) is 4.57 Å².